The molecule has 0 unspecified atom stereocenters. The molecule has 3 aromatic carbocycles. The van der Waals surface area contributed by atoms with Gasteiger partial charge in [0.15, 0.2) is 11.5 Å². The summed E-state index contributed by atoms with van der Waals surface area (Å²) in [4.78, 5) is 0. The fourth-order valence-corrected chi connectivity index (χ4v) is 3.24. The molecule has 0 spiro atoms. The molecule has 0 aliphatic rings. The van der Waals surface area contributed by atoms with Crippen LogP contribution < -0.4 is 14.8 Å². The molecule has 146 valence electrons. The Kier molecular flexibility index (Phi) is 7.46. The maximum absolute atomic E-state index is 13.0. The van der Waals surface area contributed by atoms with Crippen molar-refractivity contribution in [1.82, 2.24) is 5.32 Å². The molecule has 5 heteroatoms. The molecule has 1 N–H and O–H groups in total. The smallest absolute Gasteiger partial charge is 0.162 e. The Morgan fingerprint density at radius 2 is 1.57 bits per heavy atom. The summed E-state index contributed by atoms with van der Waals surface area (Å²) in [6.07, 6.45) is 0. The molecular formula is C23H23BrFNO2. The highest BCUT2D eigenvalue weighted by molar-refractivity contribution is 9.10. The third kappa shape index (κ3) is 5.81. The van der Waals surface area contributed by atoms with Crippen LogP contribution in [0.25, 0.3) is 0 Å². The molecule has 0 aromatic heterocycles. The van der Waals surface area contributed by atoms with Gasteiger partial charge in [-0.15, -0.1) is 0 Å². The highest BCUT2D eigenvalue weighted by Gasteiger charge is 2.11. The van der Waals surface area contributed by atoms with Crippen LogP contribution in [0, 0.1) is 5.82 Å². The minimum absolute atomic E-state index is 0.256. The second kappa shape index (κ2) is 10.2. The molecule has 0 aliphatic heterocycles. The van der Waals surface area contributed by atoms with Gasteiger partial charge in [0.05, 0.1) is 6.61 Å². The Bertz CT molecular complexity index is 885. The average molecular weight is 444 g/mol. The summed E-state index contributed by atoms with van der Waals surface area (Å²) < 4.78 is 25.7. The summed E-state index contributed by atoms with van der Waals surface area (Å²) in [5.41, 5.74) is 3.23. The highest BCUT2D eigenvalue weighted by atomic mass is 79.9. The zero-order valence-electron chi connectivity index (χ0n) is 15.8. The Hall–Kier alpha value is -2.37. The molecule has 3 nitrogen and oxygen atoms in total. The summed E-state index contributed by atoms with van der Waals surface area (Å²) in [5.74, 6) is 1.10. The van der Waals surface area contributed by atoms with Crippen LogP contribution in [0.3, 0.4) is 0 Å². The van der Waals surface area contributed by atoms with Crippen LogP contribution in [0.4, 0.5) is 4.39 Å². The van der Waals surface area contributed by atoms with E-state index in [2.05, 4.69) is 33.4 Å². The van der Waals surface area contributed by atoms with Gasteiger partial charge < -0.3 is 14.8 Å². The van der Waals surface area contributed by atoms with Crippen LogP contribution in [-0.2, 0) is 19.7 Å². The lowest BCUT2D eigenvalue weighted by Crippen LogP contribution is -2.13. The van der Waals surface area contributed by atoms with E-state index < -0.39 is 0 Å². The van der Waals surface area contributed by atoms with Crippen molar-refractivity contribution < 1.29 is 13.9 Å². The van der Waals surface area contributed by atoms with Crippen molar-refractivity contribution in [1.29, 1.82) is 0 Å². The van der Waals surface area contributed by atoms with Gasteiger partial charge in [0.25, 0.3) is 0 Å². The van der Waals surface area contributed by atoms with Crippen molar-refractivity contribution in [3.63, 3.8) is 0 Å². The first-order valence-corrected chi connectivity index (χ1v) is 10.0. The summed E-state index contributed by atoms with van der Waals surface area (Å²) in [6, 6.07) is 20.5. The molecule has 3 aromatic rings. The molecule has 0 saturated heterocycles. The van der Waals surface area contributed by atoms with Crippen LogP contribution in [0.1, 0.15) is 23.6 Å². The van der Waals surface area contributed by atoms with E-state index in [1.807, 2.05) is 37.3 Å². The molecule has 0 atom stereocenters. The zero-order chi connectivity index (χ0) is 19.8. The highest BCUT2D eigenvalue weighted by Crippen LogP contribution is 2.34. The summed E-state index contributed by atoms with van der Waals surface area (Å²) in [6.45, 7) is 4.33. The van der Waals surface area contributed by atoms with Crippen LogP contribution >= 0.6 is 15.9 Å². The summed E-state index contributed by atoms with van der Waals surface area (Å²) >= 11 is 3.63. The van der Waals surface area contributed by atoms with Crippen molar-refractivity contribution in [2.75, 3.05) is 6.61 Å². The first kappa shape index (κ1) is 20.4. The number of ether oxygens (including phenoxy) is 2. The molecular weight excluding hydrogens is 421 g/mol. The minimum atomic E-state index is -0.256. The minimum Gasteiger partial charge on any atom is -0.490 e. The fraction of sp³-hybridized carbons (Fsp3) is 0.217. The Morgan fingerprint density at radius 1 is 0.857 bits per heavy atom. The van der Waals surface area contributed by atoms with Gasteiger partial charge in [-0.25, -0.2) is 4.39 Å². The first-order valence-electron chi connectivity index (χ1n) is 9.23. The largest absolute Gasteiger partial charge is 0.490 e. The number of nitrogens with one attached hydrogen (secondary N) is 1. The predicted octanol–water partition coefficient (Wildman–Crippen LogP) is 5.86. The van der Waals surface area contributed by atoms with E-state index >= 15 is 0 Å². The van der Waals surface area contributed by atoms with Crippen molar-refractivity contribution in [3.05, 3.63) is 93.7 Å². The van der Waals surface area contributed by atoms with E-state index in [9.17, 15) is 4.39 Å². The Balaban J connectivity index is 1.67. The van der Waals surface area contributed by atoms with E-state index in [1.54, 1.807) is 12.1 Å². The van der Waals surface area contributed by atoms with Gasteiger partial charge in [-0.1, -0.05) is 58.4 Å². The van der Waals surface area contributed by atoms with Crippen molar-refractivity contribution in [2.24, 2.45) is 0 Å². The SMILES string of the molecule is CCOc1cc(CNCc2ccccc2)c(Br)cc1OCc1ccc(F)cc1. The lowest BCUT2D eigenvalue weighted by Gasteiger charge is -2.15. The van der Waals surface area contributed by atoms with Crippen molar-refractivity contribution in [3.8, 4) is 11.5 Å². The Labute approximate surface area is 173 Å². The van der Waals surface area contributed by atoms with Gasteiger partial charge in [0, 0.05) is 17.6 Å². The van der Waals surface area contributed by atoms with E-state index in [0.717, 1.165) is 22.1 Å². The molecule has 28 heavy (non-hydrogen) atoms. The van der Waals surface area contributed by atoms with Gasteiger partial charge in [-0.3, -0.25) is 0 Å². The van der Waals surface area contributed by atoms with Gasteiger partial charge in [0.1, 0.15) is 12.4 Å². The summed E-state index contributed by atoms with van der Waals surface area (Å²) in [7, 11) is 0. The third-order valence-electron chi connectivity index (χ3n) is 4.21. The van der Waals surface area contributed by atoms with E-state index in [0.29, 0.717) is 31.3 Å². The fourth-order valence-electron chi connectivity index (χ4n) is 2.77. The van der Waals surface area contributed by atoms with E-state index in [1.165, 1.54) is 17.7 Å². The quantitative estimate of drug-likeness (QED) is 0.449. The summed E-state index contributed by atoms with van der Waals surface area (Å²) in [5, 5.41) is 3.45. The topological polar surface area (TPSA) is 30.5 Å². The van der Waals surface area contributed by atoms with Crippen LogP contribution in [0.5, 0.6) is 11.5 Å². The maximum atomic E-state index is 13.0. The molecule has 0 saturated carbocycles. The third-order valence-corrected chi connectivity index (χ3v) is 4.95. The number of rotatable bonds is 9. The average Bonchev–Trinajstić information content (AvgIpc) is 2.71. The first-order chi connectivity index (χ1) is 13.7. The zero-order valence-corrected chi connectivity index (χ0v) is 17.3. The normalized spacial score (nSPS) is 10.7. The van der Waals surface area contributed by atoms with Crippen LogP contribution in [0.2, 0.25) is 0 Å². The molecule has 0 fully saturated rings. The number of halogens is 2. The van der Waals surface area contributed by atoms with Gasteiger partial charge >= 0.3 is 0 Å². The molecule has 3 rings (SSSR count). The monoisotopic (exact) mass is 443 g/mol. The molecule has 0 radical (unpaired) electrons. The molecule has 0 heterocycles. The van der Waals surface area contributed by atoms with E-state index in [4.69, 9.17) is 9.47 Å². The van der Waals surface area contributed by atoms with Gasteiger partial charge in [-0.05, 0) is 47.9 Å². The number of hydrogen-bond donors (Lipinski definition) is 1. The van der Waals surface area contributed by atoms with Crippen molar-refractivity contribution in [2.45, 2.75) is 26.6 Å². The number of hydrogen-bond acceptors (Lipinski definition) is 3. The predicted molar refractivity (Wildman–Crippen MR) is 113 cm³/mol. The molecule has 0 amide bonds. The maximum Gasteiger partial charge on any atom is 0.162 e. The second-order valence-electron chi connectivity index (χ2n) is 6.33. The van der Waals surface area contributed by atoms with Gasteiger partial charge in [-0.2, -0.15) is 0 Å². The molecule has 0 aliphatic carbocycles. The van der Waals surface area contributed by atoms with Crippen molar-refractivity contribution >= 4 is 15.9 Å². The number of benzene rings is 3. The Morgan fingerprint density at radius 3 is 2.29 bits per heavy atom. The standard InChI is InChI=1S/C23H23BrFNO2/c1-2-27-22-12-19(15-26-14-17-6-4-3-5-7-17)21(24)13-23(22)28-16-18-8-10-20(25)11-9-18/h3-13,26H,2,14-16H2,1H3. The van der Waals surface area contributed by atoms with Crippen LogP contribution in [0.15, 0.2) is 71.2 Å². The van der Waals surface area contributed by atoms with E-state index in [-0.39, 0.29) is 5.82 Å². The van der Waals surface area contributed by atoms with Gasteiger partial charge in [0.2, 0.25) is 0 Å². The van der Waals surface area contributed by atoms with Crippen LogP contribution in [-0.4, -0.2) is 6.61 Å². The molecule has 0 bridgehead atoms. The lowest BCUT2D eigenvalue weighted by atomic mass is 10.1. The second-order valence-corrected chi connectivity index (χ2v) is 7.18. The lowest BCUT2D eigenvalue weighted by molar-refractivity contribution is 0.268.